The molecular weight excluding hydrogens is 372 g/mol. The summed E-state index contributed by atoms with van der Waals surface area (Å²) in [6.07, 6.45) is 2.08. The fourth-order valence-electron chi connectivity index (χ4n) is 2.00. The van der Waals surface area contributed by atoms with Crippen LogP contribution in [0.2, 0.25) is 0 Å². The van der Waals surface area contributed by atoms with E-state index < -0.39 is 12.1 Å². The van der Waals surface area contributed by atoms with Crippen LogP contribution in [0.25, 0.3) is 6.08 Å². The van der Waals surface area contributed by atoms with Crippen molar-refractivity contribution in [2.45, 2.75) is 13.0 Å². The molecule has 0 spiro atoms. The Bertz CT molecular complexity index is 733. The topological polar surface area (TPSA) is 52.6 Å². The third-order valence-corrected chi connectivity index (χ3v) is 3.85. The van der Waals surface area contributed by atoms with E-state index in [1.54, 1.807) is 44.4 Å². The van der Waals surface area contributed by atoms with Gasteiger partial charge in [-0.2, -0.15) is 0 Å². The lowest BCUT2D eigenvalue weighted by Gasteiger charge is -2.11. The van der Waals surface area contributed by atoms with Gasteiger partial charge in [-0.3, -0.25) is 4.79 Å². The lowest BCUT2D eigenvalue weighted by atomic mass is 10.1. The Hall–Kier alpha value is -2.40. The highest BCUT2D eigenvalue weighted by Gasteiger charge is 2.18. The number of benzene rings is 2. The number of halogens is 1. The first-order valence-corrected chi connectivity index (χ1v) is 8.11. The van der Waals surface area contributed by atoms with E-state index in [1.807, 2.05) is 24.3 Å². The standard InChI is InChI=1S/C19H17BrO4/c1-13(19(22)15-6-10-17(23-2)11-7-15)24-18(21)12-5-14-3-8-16(20)9-4-14/h3-13H,1-2H3/b12-5+/t13-/m1/s1. The first-order valence-electron chi connectivity index (χ1n) is 7.32. The van der Waals surface area contributed by atoms with Gasteiger partial charge in [-0.1, -0.05) is 28.1 Å². The molecule has 0 aliphatic heterocycles. The molecule has 4 nitrogen and oxygen atoms in total. The minimum Gasteiger partial charge on any atom is -0.497 e. The van der Waals surface area contributed by atoms with Crippen LogP contribution < -0.4 is 4.74 Å². The van der Waals surface area contributed by atoms with E-state index in [-0.39, 0.29) is 5.78 Å². The molecule has 1 atom stereocenters. The van der Waals surface area contributed by atoms with Crippen molar-refractivity contribution in [1.82, 2.24) is 0 Å². The van der Waals surface area contributed by atoms with Gasteiger partial charge in [-0.15, -0.1) is 0 Å². The Morgan fingerprint density at radius 3 is 2.25 bits per heavy atom. The van der Waals surface area contributed by atoms with E-state index in [1.165, 1.54) is 6.08 Å². The lowest BCUT2D eigenvalue weighted by molar-refractivity contribution is -0.140. The molecule has 0 fully saturated rings. The van der Waals surface area contributed by atoms with Crippen LogP contribution in [0, 0.1) is 0 Å². The number of methoxy groups -OCH3 is 1. The summed E-state index contributed by atoms with van der Waals surface area (Å²) in [4.78, 5) is 24.1. The van der Waals surface area contributed by atoms with Gasteiger partial charge in [0.05, 0.1) is 7.11 Å². The monoisotopic (exact) mass is 388 g/mol. The SMILES string of the molecule is COc1ccc(C(=O)[C@@H](C)OC(=O)/C=C/c2ccc(Br)cc2)cc1. The fraction of sp³-hybridized carbons (Fsp3) is 0.158. The molecule has 0 bridgehead atoms. The molecule has 2 aromatic carbocycles. The molecule has 0 heterocycles. The third kappa shape index (κ3) is 5.06. The van der Waals surface area contributed by atoms with Gasteiger partial charge < -0.3 is 9.47 Å². The van der Waals surface area contributed by atoms with Gasteiger partial charge in [-0.25, -0.2) is 4.79 Å². The van der Waals surface area contributed by atoms with E-state index in [0.717, 1.165) is 10.0 Å². The Morgan fingerprint density at radius 2 is 1.67 bits per heavy atom. The summed E-state index contributed by atoms with van der Waals surface area (Å²) in [5.74, 6) is -0.163. The van der Waals surface area contributed by atoms with Gasteiger partial charge in [0, 0.05) is 16.1 Å². The van der Waals surface area contributed by atoms with Crippen molar-refractivity contribution in [2.24, 2.45) is 0 Å². The first-order chi connectivity index (χ1) is 11.5. The van der Waals surface area contributed by atoms with Crippen LogP contribution >= 0.6 is 15.9 Å². The van der Waals surface area contributed by atoms with Gasteiger partial charge in [0.15, 0.2) is 6.10 Å². The zero-order chi connectivity index (χ0) is 17.5. The van der Waals surface area contributed by atoms with E-state index in [4.69, 9.17) is 9.47 Å². The van der Waals surface area contributed by atoms with Crippen molar-refractivity contribution in [1.29, 1.82) is 0 Å². The van der Waals surface area contributed by atoms with Crippen molar-refractivity contribution in [3.8, 4) is 5.75 Å². The number of carbonyl (C=O) groups excluding carboxylic acids is 2. The number of ether oxygens (including phenoxy) is 2. The van der Waals surface area contributed by atoms with Gasteiger partial charge >= 0.3 is 5.97 Å². The minimum absolute atomic E-state index is 0.261. The van der Waals surface area contributed by atoms with Crippen molar-refractivity contribution < 1.29 is 19.1 Å². The molecule has 0 aliphatic rings. The van der Waals surface area contributed by atoms with E-state index >= 15 is 0 Å². The molecule has 0 radical (unpaired) electrons. The van der Waals surface area contributed by atoms with Gasteiger partial charge in [-0.05, 0) is 55.0 Å². The second-order valence-electron chi connectivity index (χ2n) is 5.06. The minimum atomic E-state index is -0.861. The zero-order valence-corrected chi connectivity index (χ0v) is 14.9. The maximum atomic E-state index is 12.2. The van der Waals surface area contributed by atoms with Crippen LogP contribution in [-0.4, -0.2) is 25.0 Å². The van der Waals surface area contributed by atoms with Crippen molar-refractivity contribution in [2.75, 3.05) is 7.11 Å². The predicted molar refractivity (Wildman–Crippen MR) is 96.1 cm³/mol. The number of carbonyl (C=O) groups is 2. The Morgan fingerprint density at radius 1 is 1.04 bits per heavy atom. The summed E-state index contributed by atoms with van der Waals surface area (Å²) in [5.41, 5.74) is 1.33. The van der Waals surface area contributed by atoms with Crippen LogP contribution in [-0.2, 0) is 9.53 Å². The Labute approximate surface area is 149 Å². The highest BCUT2D eigenvalue weighted by molar-refractivity contribution is 9.10. The van der Waals surface area contributed by atoms with E-state index in [2.05, 4.69) is 15.9 Å². The van der Waals surface area contributed by atoms with Gasteiger partial charge in [0.1, 0.15) is 5.75 Å². The summed E-state index contributed by atoms with van der Waals surface area (Å²) in [6.45, 7) is 1.55. The lowest BCUT2D eigenvalue weighted by Crippen LogP contribution is -2.23. The smallest absolute Gasteiger partial charge is 0.331 e. The molecule has 0 N–H and O–H groups in total. The van der Waals surface area contributed by atoms with Crippen molar-refractivity contribution in [3.05, 3.63) is 70.2 Å². The maximum Gasteiger partial charge on any atom is 0.331 e. The van der Waals surface area contributed by atoms with Crippen LogP contribution in [0.1, 0.15) is 22.8 Å². The quantitative estimate of drug-likeness (QED) is 0.420. The molecule has 0 unspecified atom stereocenters. The summed E-state index contributed by atoms with van der Waals surface area (Å²) in [6, 6.07) is 14.1. The summed E-state index contributed by atoms with van der Waals surface area (Å²) >= 11 is 3.34. The molecule has 2 aromatic rings. The third-order valence-electron chi connectivity index (χ3n) is 3.32. The van der Waals surface area contributed by atoms with Crippen LogP contribution in [0.3, 0.4) is 0 Å². The molecule has 0 aliphatic carbocycles. The summed E-state index contributed by atoms with van der Waals surface area (Å²) in [7, 11) is 1.55. The van der Waals surface area contributed by atoms with Crippen LogP contribution in [0.4, 0.5) is 0 Å². The molecular formula is C19H17BrO4. The maximum absolute atomic E-state index is 12.2. The van der Waals surface area contributed by atoms with E-state index in [0.29, 0.717) is 11.3 Å². The predicted octanol–water partition coefficient (Wildman–Crippen LogP) is 4.29. The largest absolute Gasteiger partial charge is 0.497 e. The molecule has 0 amide bonds. The van der Waals surface area contributed by atoms with Crippen molar-refractivity contribution >= 4 is 33.8 Å². The Balaban J connectivity index is 1.94. The zero-order valence-electron chi connectivity index (χ0n) is 13.4. The van der Waals surface area contributed by atoms with Gasteiger partial charge in [0.2, 0.25) is 5.78 Å². The number of hydrogen-bond donors (Lipinski definition) is 0. The number of Topliss-reactive ketones (excluding diaryl/α,β-unsaturated/α-hetero) is 1. The highest BCUT2D eigenvalue weighted by Crippen LogP contribution is 2.14. The molecule has 5 heteroatoms. The number of esters is 1. The fourth-order valence-corrected chi connectivity index (χ4v) is 2.26. The average Bonchev–Trinajstić information content (AvgIpc) is 2.60. The number of rotatable bonds is 6. The molecule has 0 saturated heterocycles. The second kappa shape index (κ2) is 8.45. The van der Waals surface area contributed by atoms with Gasteiger partial charge in [0.25, 0.3) is 0 Å². The molecule has 124 valence electrons. The highest BCUT2D eigenvalue weighted by atomic mass is 79.9. The first kappa shape index (κ1) is 17.9. The normalized spacial score (nSPS) is 12.0. The van der Waals surface area contributed by atoms with Crippen molar-refractivity contribution in [3.63, 3.8) is 0 Å². The number of ketones is 1. The molecule has 2 rings (SSSR count). The molecule has 0 saturated carbocycles. The summed E-state index contributed by atoms with van der Waals surface area (Å²) in [5, 5.41) is 0. The second-order valence-corrected chi connectivity index (χ2v) is 5.97. The molecule has 24 heavy (non-hydrogen) atoms. The van der Waals surface area contributed by atoms with Crippen LogP contribution in [0.5, 0.6) is 5.75 Å². The van der Waals surface area contributed by atoms with Crippen LogP contribution in [0.15, 0.2) is 59.1 Å². The average molecular weight is 389 g/mol. The number of hydrogen-bond acceptors (Lipinski definition) is 4. The van der Waals surface area contributed by atoms with E-state index in [9.17, 15) is 9.59 Å². The molecule has 0 aromatic heterocycles. The summed E-state index contributed by atoms with van der Waals surface area (Å²) < 4.78 is 11.2. The Kier molecular flexibility index (Phi) is 6.32.